The van der Waals surface area contributed by atoms with Crippen LogP contribution in [0, 0.1) is 6.92 Å². The number of hydrogen-bond acceptors (Lipinski definition) is 3. The highest BCUT2D eigenvalue weighted by Gasteiger charge is 2.28. The fourth-order valence-electron chi connectivity index (χ4n) is 3.13. The molecule has 0 aromatic heterocycles. The molecule has 1 aromatic carbocycles. The number of nitrogens with zero attached hydrogens (tertiary/aromatic N) is 2. The van der Waals surface area contributed by atoms with E-state index in [2.05, 4.69) is 34.9 Å². The molecular formula is C16H24N2O. The van der Waals surface area contributed by atoms with Crippen molar-refractivity contribution >= 4 is 5.69 Å². The fraction of sp³-hybridized carbons (Fsp3) is 0.625. The van der Waals surface area contributed by atoms with Crippen LogP contribution in [0.1, 0.15) is 24.8 Å². The lowest BCUT2D eigenvalue weighted by Gasteiger charge is -2.43. The maximum absolute atomic E-state index is 5.53. The molecule has 0 bridgehead atoms. The molecule has 1 heterocycles. The monoisotopic (exact) mass is 260 g/mol. The van der Waals surface area contributed by atoms with Crippen LogP contribution in [0.15, 0.2) is 18.2 Å². The maximum Gasteiger partial charge on any atom is 0.142 e. The van der Waals surface area contributed by atoms with Gasteiger partial charge in [-0.15, -0.1) is 0 Å². The molecule has 2 aliphatic rings. The van der Waals surface area contributed by atoms with E-state index in [1.165, 1.54) is 43.6 Å². The SMILES string of the molecule is COc1cc(C)ccc1N1CCN(C2CCC2)CC1. The molecule has 3 nitrogen and oxygen atoms in total. The third kappa shape index (κ3) is 2.57. The highest BCUT2D eigenvalue weighted by Crippen LogP contribution is 2.31. The van der Waals surface area contributed by atoms with Gasteiger partial charge in [-0.3, -0.25) is 4.90 Å². The average Bonchev–Trinajstić information content (AvgIpc) is 2.38. The number of benzene rings is 1. The van der Waals surface area contributed by atoms with Gasteiger partial charge in [0.15, 0.2) is 0 Å². The zero-order chi connectivity index (χ0) is 13.2. The summed E-state index contributed by atoms with van der Waals surface area (Å²) in [6.45, 7) is 6.75. The lowest BCUT2D eigenvalue weighted by Crippen LogP contribution is -2.52. The summed E-state index contributed by atoms with van der Waals surface area (Å²) in [7, 11) is 1.77. The summed E-state index contributed by atoms with van der Waals surface area (Å²) in [6.07, 6.45) is 4.25. The Morgan fingerprint density at radius 1 is 1.11 bits per heavy atom. The van der Waals surface area contributed by atoms with Crippen LogP contribution >= 0.6 is 0 Å². The minimum atomic E-state index is 0.877. The molecule has 3 rings (SSSR count). The summed E-state index contributed by atoms with van der Waals surface area (Å²) in [4.78, 5) is 5.13. The zero-order valence-corrected chi connectivity index (χ0v) is 12.1. The summed E-state index contributed by atoms with van der Waals surface area (Å²) in [5.41, 5.74) is 2.51. The predicted octanol–water partition coefficient (Wildman–Crippen LogP) is 2.68. The number of methoxy groups -OCH3 is 1. The van der Waals surface area contributed by atoms with Gasteiger partial charge in [-0.25, -0.2) is 0 Å². The van der Waals surface area contributed by atoms with E-state index in [0.29, 0.717) is 0 Å². The molecule has 0 amide bonds. The summed E-state index contributed by atoms with van der Waals surface area (Å²) in [6, 6.07) is 7.39. The van der Waals surface area contributed by atoms with E-state index < -0.39 is 0 Å². The zero-order valence-electron chi connectivity index (χ0n) is 12.1. The molecular weight excluding hydrogens is 236 g/mol. The van der Waals surface area contributed by atoms with Crippen molar-refractivity contribution in [2.24, 2.45) is 0 Å². The summed E-state index contributed by atoms with van der Waals surface area (Å²) < 4.78 is 5.53. The minimum Gasteiger partial charge on any atom is -0.495 e. The molecule has 1 aliphatic heterocycles. The van der Waals surface area contributed by atoms with Crippen molar-refractivity contribution in [2.75, 3.05) is 38.2 Å². The Hall–Kier alpha value is -1.22. The number of rotatable bonds is 3. The van der Waals surface area contributed by atoms with Gasteiger partial charge in [0.05, 0.1) is 12.8 Å². The van der Waals surface area contributed by atoms with E-state index in [0.717, 1.165) is 24.9 Å². The van der Waals surface area contributed by atoms with Crippen molar-refractivity contribution in [1.29, 1.82) is 0 Å². The Bertz CT molecular complexity index is 434. The Morgan fingerprint density at radius 2 is 1.84 bits per heavy atom. The fourth-order valence-corrected chi connectivity index (χ4v) is 3.13. The largest absolute Gasteiger partial charge is 0.495 e. The second-order valence-electron chi connectivity index (χ2n) is 5.78. The van der Waals surface area contributed by atoms with Gasteiger partial charge in [0, 0.05) is 32.2 Å². The highest BCUT2D eigenvalue weighted by atomic mass is 16.5. The molecule has 1 aliphatic carbocycles. The molecule has 104 valence electrons. The predicted molar refractivity (Wildman–Crippen MR) is 79.2 cm³/mol. The van der Waals surface area contributed by atoms with Crippen molar-refractivity contribution in [1.82, 2.24) is 4.90 Å². The van der Waals surface area contributed by atoms with Gasteiger partial charge in [-0.05, 0) is 37.5 Å². The van der Waals surface area contributed by atoms with E-state index >= 15 is 0 Å². The molecule has 1 aromatic rings. The highest BCUT2D eigenvalue weighted by molar-refractivity contribution is 5.60. The second-order valence-corrected chi connectivity index (χ2v) is 5.78. The van der Waals surface area contributed by atoms with E-state index in [4.69, 9.17) is 4.74 Å². The summed E-state index contributed by atoms with van der Waals surface area (Å²) in [5, 5.41) is 0. The van der Waals surface area contributed by atoms with E-state index in [1.807, 2.05) is 0 Å². The van der Waals surface area contributed by atoms with E-state index in [1.54, 1.807) is 7.11 Å². The van der Waals surface area contributed by atoms with Crippen molar-refractivity contribution in [3.05, 3.63) is 23.8 Å². The first-order valence-corrected chi connectivity index (χ1v) is 7.41. The van der Waals surface area contributed by atoms with Crippen molar-refractivity contribution in [3.8, 4) is 5.75 Å². The number of piperazine rings is 1. The number of hydrogen-bond donors (Lipinski definition) is 0. The number of ether oxygens (including phenoxy) is 1. The molecule has 3 heteroatoms. The molecule has 0 atom stereocenters. The van der Waals surface area contributed by atoms with Crippen LogP contribution in [0.25, 0.3) is 0 Å². The third-order valence-corrected chi connectivity index (χ3v) is 4.58. The van der Waals surface area contributed by atoms with Crippen LogP contribution in [0.4, 0.5) is 5.69 Å². The summed E-state index contributed by atoms with van der Waals surface area (Å²) in [5.74, 6) is 1.01. The van der Waals surface area contributed by atoms with Crippen LogP contribution in [0.5, 0.6) is 5.75 Å². The lowest BCUT2D eigenvalue weighted by molar-refractivity contribution is 0.120. The number of anilines is 1. The second kappa shape index (κ2) is 5.41. The molecule has 0 N–H and O–H groups in total. The quantitative estimate of drug-likeness (QED) is 0.831. The topological polar surface area (TPSA) is 15.7 Å². The number of aryl methyl sites for hydroxylation is 1. The molecule has 0 radical (unpaired) electrons. The van der Waals surface area contributed by atoms with Gasteiger partial charge in [0.1, 0.15) is 5.75 Å². The minimum absolute atomic E-state index is 0.877. The smallest absolute Gasteiger partial charge is 0.142 e. The molecule has 2 fully saturated rings. The Labute approximate surface area is 116 Å². The first-order chi connectivity index (χ1) is 9.28. The first kappa shape index (κ1) is 12.8. The van der Waals surface area contributed by atoms with Crippen LogP contribution in [0.2, 0.25) is 0 Å². The Kier molecular flexibility index (Phi) is 3.65. The lowest BCUT2D eigenvalue weighted by atomic mass is 9.91. The van der Waals surface area contributed by atoms with E-state index in [-0.39, 0.29) is 0 Å². The third-order valence-electron chi connectivity index (χ3n) is 4.58. The Morgan fingerprint density at radius 3 is 2.42 bits per heavy atom. The van der Waals surface area contributed by atoms with Crippen molar-refractivity contribution in [3.63, 3.8) is 0 Å². The normalized spacial score (nSPS) is 21.3. The van der Waals surface area contributed by atoms with Crippen molar-refractivity contribution < 1.29 is 4.74 Å². The van der Waals surface area contributed by atoms with Gasteiger partial charge in [-0.1, -0.05) is 12.5 Å². The van der Waals surface area contributed by atoms with Gasteiger partial charge in [-0.2, -0.15) is 0 Å². The molecule has 0 spiro atoms. The summed E-state index contributed by atoms with van der Waals surface area (Å²) >= 11 is 0. The molecule has 0 unspecified atom stereocenters. The van der Waals surface area contributed by atoms with Crippen LogP contribution in [-0.4, -0.2) is 44.2 Å². The van der Waals surface area contributed by atoms with Gasteiger partial charge < -0.3 is 9.64 Å². The standard InChI is InChI=1S/C16H24N2O/c1-13-6-7-15(16(12-13)19-2)18-10-8-17(9-11-18)14-4-3-5-14/h6-7,12,14H,3-5,8-11H2,1-2H3. The molecule has 1 saturated heterocycles. The van der Waals surface area contributed by atoms with Gasteiger partial charge in [0.2, 0.25) is 0 Å². The average molecular weight is 260 g/mol. The van der Waals surface area contributed by atoms with Gasteiger partial charge >= 0.3 is 0 Å². The maximum atomic E-state index is 5.53. The van der Waals surface area contributed by atoms with Gasteiger partial charge in [0.25, 0.3) is 0 Å². The Balaban J connectivity index is 1.67. The van der Waals surface area contributed by atoms with E-state index in [9.17, 15) is 0 Å². The van der Waals surface area contributed by atoms with Crippen molar-refractivity contribution in [2.45, 2.75) is 32.2 Å². The first-order valence-electron chi connectivity index (χ1n) is 7.41. The van der Waals surface area contributed by atoms with Crippen LogP contribution in [-0.2, 0) is 0 Å². The molecule has 1 saturated carbocycles. The van der Waals surface area contributed by atoms with Crippen LogP contribution < -0.4 is 9.64 Å². The van der Waals surface area contributed by atoms with Crippen LogP contribution in [0.3, 0.4) is 0 Å². The molecule has 19 heavy (non-hydrogen) atoms.